The lowest BCUT2D eigenvalue weighted by molar-refractivity contribution is 0.207. The molecule has 2 rings (SSSR count). The van der Waals surface area contributed by atoms with Crippen molar-refractivity contribution in [3.63, 3.8) is 0 Å². The van der Waals surface area contributed by atoms with Gasteiger partial charge in [0.05, 0.1) is 18.5 Å². The minimum atomic E-state index is -0.736. The maximum absolute atomic E-state index is 10.3. The standard InChI is InChI=1S/C13H17N3O2/c1-3-16-12(9-14-15-16)13(17)10-6-5-7-11(8-10)18-4-2/h5-9,13,17H,3-4H2,1-2H3. The Kier molecular flexibility index (Phi) is 3.94. The first-order valence-corrected chi connectivity index (χ1v) is 6.05. The summed E-state index contributed by atoms with van der Waals surface area (Å²) in [7, 11) is 0. The van der Waals surface area contributed by atoms with Gasteiger partial charge in [-0.3, -0.25) is 0 Å². The van der Waals surface area contributed by atoms with Crippen molar-refractivity contribution in [3.05, 3.63) is 41.7 Å². The molecule has 0 aliphatic carbocycles. The van der Waals surface area contributed by atoms with Crippen LogP contribution in [0, 0.1) is 0 Å². The van der Waals surface area contributed by atoms with Gasteiger partial charge in [0.25, 0.3) is 0 Å². The van der Waals surface area contributed by atoms with E-state index >= 15 is 0 Å². The lowest BCUT2D eigenvalue weighted by atomic mass is 10.1. The average Bonchev–Trinajstić information content (AvgIpc) is 2.87. The Morgan fingerprint density at radius 1 is 1.39 bits per heavy atom. The number of rotatable bonds is 5. The molecule has 0 aliphatic rings. The second kappa shape index (κ2) is 5.64. The number of aromatic nitrogens is 3. The van der Waals surface area contributed by atoms with E-state index in [1.807, 2.05) is 38.1 Å². The van der Waals surface area contributed by atoms with E-state index in [0.717, 1.165) is 11.3 Å². The third-order valence-electron chi connectivity index (χ3n) is 2.71. The summed E-state index contributed by atoms with van der Waals surface area (Å²) in [5, 5.41) is 18.1. The number of ether oxygens (including phenoxy) is 1. The number of hydrogen-bond donors (Lipinski definition) is 1. The van der Waals surface area contributed by atoms with Crippen LogP contribution in [0.25, 0.3) is 0 Å². The molecule has 1 aromatic carbocycles. The molecule has 2 aromatic rings. The van der Waals surface area contributed by atoms with E-state index in [9.17, 15) is 5.11 Å². The molecule has 0 amide bonds. The molecule has 0 saturated carbocycles. The first-order valence-electron chi connectivity index (χ1n) is 6.05. The van der Waals surface area contributed by atoms with Gasteiger partial charge in [0, 0.05) is 6.54 Å². The van der Waals surface area contributed by atoms with Crippen molar-refractivity contribution in [2.45, 2.75) is 26.5 Å². The van der Waals surface area contributed by atoms with E-state index < -0.39 is 6.10 Å². The summed E-state index contributed by atoms with van der Waals surface area (Å²) in [6, 6.07) is 7.43. The van der Waals surface area contributed by atoms with Crippen LogP contribution in [0.1, 0.15) is 31.2 Å². The van der Waals surface area contributed by atoms with Crippen molar-refractivity contribution in [2.24, 2.45) is 0 Å². The molecule has 1 atom stereocenters. The van der Waals surface area contributed by atoms with Crippen LogP contribution < -0.4 is 4.74 Å². The lowest BCUT2D eigenvalue weighted by Gasteiger charge is -2.13. The summed E-state index contributed by atoms with van der Waals surface area (Å²) in [5.74, 6) is 0.754. The molecular weight excluding hydrogens is 230 g/mol. The van der Waals surface area contributed by atoms with E-state index in [-0.39, 0.29) is 0 Å². The highest BCUT2D eigenvalue weighted by Crippen LogP contribution is 2.24. The van der Waals surface area contributed by atoms with Gasteiger partial charge in [0.1, 0.15) is 11.9 Å². The van der Waals surface area contributed by atoms with Crippen LogP contribution in [-0.4, -0.2) is 26.7 Å². The third kappa shape index (κ3) is 2.51. The number of nitrogens with zero attached hydrogens (tertiary/aromatic N) is 3. The highest BCUT2D eigenvalue weighted by Gasteiger charge is 2.16. The molecule has 5 nitrogen and oxygen atoms in total. The Balaban J connectivity index is 2.28. The zero-order valence-electron chi connectivity index (χ0n) is 10.6. The fourth-order valence-electron chi connectivity index (χ4n) is 1.84. The van der Waals surface area contributed by atoms with Gasteiger partial charge in [-0.2, -0.15) is 0 Å². The molecule has 5 heteroatoms. The Hall–Kier alpha value is -1.88. The Morgan fingerprint density at radius 3 is 2.94 bits per heavy atom. The topological polar surface area (TPSA) is 60.2 Å². The maximum Gasteiger partial charge on any atom is 0.122 e. The van der Waals surface area contributed by atoms with Crippen LogP contribution in [0.15, 0.2) is 30.5 Å². The van der Waals surface area contributed by atoms with Crippen molar-refractivity contribution in [1.29, 1.82) is 0 Å². The zero-order valence-corrected chi connectivity index (χ0v) is 10.6. The van der Waals surface area contributed by atoms with Crippen LogP contribution in [0.4, 0.5) is 0 Å². The number of benzene rings is 1. The minimum absolute atomic E-state index is 0.605. The van der Waals surface area contributed by atoms with Crippen molar-refractivity contribution in [1.82, 2.24) is 15.0 Å². The van der Waals surface area contributed by atoms with Crippen molar-refractivity contribution < 1.29 is 9.84 Å². The SMILES string of the molecule is CCOc1cccc(C(O)c2cnnn2CC)c1. The van der Waals surface area contributed by atoms with E-state index in [1.54, 1.807) is 10.9 Å². The third-order valence-corrected chi connectivity index (χ3v) is 2.71. The highest BCUT2D eigenvalue weighted by atomic mass is 16.5. The van der Waals surface area contributed by atoms with Crippen LogP contribution in [-0.2, 0) is 6.54 Å². The first kappa shape index (κ1) is 12.6. The average molecular weight is 247 g/mol. The van der Waals surface area contributed by atoms with Gasteiger partial charge >= 0.3 is 0 Å². The molecule has 0 radical (unpaired) electrons. The van der Waals surface area contributed by atoms with E-state index in [0.29, 0.717) is 18.8 Å². The van der Waals surface area contributed by atoms with Crippen LogP contribution in [0.2, 0.25) is 0 Å². The molecule has 18 heavy (non-hydrogen) atoms. The fourth-order valence-corrected chi connectivity index (χ4v) is 1.84. The number of aryl methyl sites for hydroxylation is 1. The molecule has 0 fully saturated rings. The zero-order chi connectivity index (χ0) is 13.0. The molecule has 1 heterocycles. The Bertz CT molecular complexity index is 510. The van der Waals surface area contributed by atoms with Gasteiger partial charge in [-0.1, -0.05) is 17.3 Å². The number of hydrogen-bond acceptors (Lipinski definition) is 4. The number of aliphatic hydroxyl groups is 1. The molecule has 0 aliphatic heterocycles. The first-order chi connectivity index (χ1) is 8.76. The predicted octanol–water partition coefficient (Wildman–Crippen LogP) is 1.78. The quantitative estimate of drug-likeness (QED) is 0.875. The summed E-state index contributed by atoms with van der Waals surface area (Å²) < 4.78 is 7.10. The summed E-state index contributed by atoms with van der Waals surface area (Å²) in [5.41, 5.74) is 1.46. The lowest BCUT2D eigenvalue weighted by Crippen LogP contribution is -2.09. The predicted molar refractivity (Wildman–Crippen MR) is 67.4 cm³/mol. The van der Waals surface area contributed by atoms with Crippen molar-refractivity contribution in [2.75, 3.05) is 6.61 Å². The molecule has 0 spiro atoms. The second-order valence-corrected chi connectivity index (χ2v) is 3.88. The van der Waals surface area contributed by atoms with Crippen LogP contribution in [0.5, 0.6) is 5.75 Å². The summed E-state index contributed by atoms with van der Waals surface area (Å²) in [6.45, 7) is 5.17. The van der Waals surface area contributed by atoms with Crippen LogP contribution in [0.3, 0.4) is 0 Å². The molecule has 1 aromatic heterocycles. The largest absolute Gasteiger partial charge is 0.494 e. The maximum atomic E-state index is 10.3. The van der Waals surface area contributed by atoms with Gasteiger partial charge in [-0.05, 0) is 31.5 Å². The normalized spacial score (nSPS) is 12.4. The Morgan fingerprint density at radius 2 is 2.22 bits per heavy atom. The second-order valence-electron chi connectivity index (χ2n) is 3.88. The summed E-state index contributed by atoms with van der Waals surface area (Å²) in [6.07, 6.45) is 0.849. The molecule has 0 saturated heterocycles. The van der Waals surface area contributed by atoms with Gasteiger partial charge in [-0.25, -0.2) is 4.68 Å². The minimum Gasteiger partial charge on any atom is -0.494 e. The molecule has 96 valence electrons. The van der Waals surface area contributed by atoms with E-state index in [1.165, 1.54) is 0 Å². The number of aliphatic hydroxyl groups excluding tert-OH is 1. The van der Waals surface area contributed by atoms with Gasteiger partial charge in [0.15, 0.2) is 0 Å². The Labute approximate surface area is 106 Å². The van der Waals surface area contributed by atoms with Gasteiger partial charge in [0.2, 0.25) is 0 Å². The summed E-state index contributed by atoms with van der Waals surface area (Å²) >= 11 is 0. The smallest absolute Gasteiger partial charge is 0.122 e. The van der Waals surface area contributed by atoms with Gasteiger partial charge < -0.3 is 9.84 Å². The monoisotopic (exact) mass is 247 g/mol. The van der Waals surface area contributed by atoms with Gasteiger partial charge in [-0.15, -0.1) is 5.10 Å². The molecular formula is C13H17N3O2. The van der Waals surface area contributed by atoms with Crippen molar-refractivity contribution in [3.8, 4) is 5.75 Å². The van der Waals surface area contributed by atoms with E-state index in [4.69, 9.17) is 4.74 Å². The van der Waals surface area contributed by atoms with E-state index in [2.05, 4.69) is 10.3 Å². The molecule has 1 unspecified atom stereocenters. The van der Waals surface area contributed by atoms with Crippen LogP contribution >= 0.6 is 0 Å². The molecule has 0 bridgehead atoms. The van der Waals surface area contributed by atoms with Crippen molar-refractivity contribution >= 4 is 0 Å². The molecule has 1 N–H and O–H groups in total. The summed E-state index contributed by atoms with van der Waals surface area (Å²) in [4.78, 5) is 0. The fraction of sp³-hybridized carbons (Fsp3) is 0.385. The highest BCUT2D eigenvalue weighted by molar-refractivity contribution is 5.32.